The number of hydrogen-bond acceptors (Lipinski definition) is 12. The van der Waals surface area contributed by atoms with Crippen LogP contribution in [0.3, 0.4) is 0 Å². The minimum Gasteiger partial charge on any atom is -0.493 e. The van der Waals surface area contributed by atoms with Crippen molar-refractivity contribution in [2.24, 2.45) is 0 Å². The van der Waals surface area contributed by atoms with Crippen LogP contribution in [0, 0.1) is 20.2 Å². The molecule has 0 fully saturated rings. The molecule has 0 aliphatic carbocycles. The molecule has 0 spiro atoms. The maximum absolute atomic E-state index is 13.5. The Bertz CT molecular complexity index is 1660. The fourth-order valence-electron chi connectivity index (χ4n) is 5.81. The van der Waals surface area contributed by atoms with Gasteiger partial charge in [0.25, 0.3) is 23.2 Å². The zero-order valence-corrected chi connectivity index (χ0v) is 28.6. The Balaban J connectivity index is 1.48. The van der Waals surface area contributed by atoms with Gasteiger partial charge in [0.15, 0.2) is 23.0 Å². The summed E-state index contributed by atoms with van der Waals surface area (Å²) in [6.45, 7) is 2.89. The highest BCUT2D eigenvalue weighted by molar-refractivity contribution is 6.01. The maximum Gasteiger partial charge on any atom is 0.286 e. The summed E-state index contributed by atoms with van der Waals surface area (Å²) in [7, 11) is 2.64. The number of carbonyl (C=O) groups excluding carboxylic acids is 2. The van der Waals surface area contributed by atoms with E-state index in [1.54, 1.807) is 36.7 Å². The molecule has 0 saturated heterocycles. The molecule has 2 aliphatic heterocycles. The summed E-state index contributed by atoms with van der Waals surface area (Å²) in [5.41, 5.74) is 0.0451. The Morgan fingerprint density at radius 3 is 1.45 bits per heavy atom. The standard InChI is InChI=1S/C35H40N4O12/c1-5-8-22-12-24(20-40)36(18-22)34(42)26-14-30(48-3)32(16-28(26)38(44)45)50-10-7-11-51-33-17-29(39(46)47)27(15-31(33)49-4)35(43)37-19-23(9-6-2)13-25(37)21-41/h5-6,8-9,14-19,24-25,40-41H,7,10-13,20-21H2,1-4H3/b8-5+,9-6+/t24-,25-/m0/s1. The third-order valence-corrected chi connectivity index (χ3v) is 8.21. The van der Waals surface area contributed by atoms with E-state index in [2.05, 4.69) is 0 Å². The molecule has 2 amide bonds. The van der Waals surface area contributed by atoms with E-state index in [0.717, 1.165) is 23.3 Å². The van der Waals surface area contributed by atoms with E-state index in [0.29, 0.717) is 12.8 Å². The Morgan fingerprint density at radius 1 is 0.745 bits per heavy atom. The molecule has 0 saturated carbocycles. The lowest BCUT2D eigenvalue weighted by Gasteiger charge is -2.22. The highest BCUT2D eigenvalue weighted by Gasteiger charge is 2.35. The lowest BCUT2D eigenvalue weighted by Crippen LogP contribution is -2.35. The first-order valence-electron chi connectivity index (χ1n) is 16.0. The van der Waals surface area contributed by atoms with Crippen LogP contribution in [-0.2, 0) is 0 Å². The first-order valence-corrected chi connectivity index (χ1v) is 16.0. The van der Waals surface area contributed by atoms with Crippen LogP contribution in [0.5, 0.6) is 23.0 Å². The molecule has 51 heavy (non-hydrogen) atoms. The summed E-state index contributed by atoms with van der Waals surface area (Å²) >= 11 is 0. The molecule has 2 aromatic rings. The van der Waals surface area contributed by atoms with Crippen molar-refractivity contribution in [2.45, 2.75) is 45.2 Å². The Kier molecular flexibility index (Phi) is 12.9. The molecule has 0 bridgehead atoms. The topological polar surface area (TPSA) is 204 Å². The SMILES string of the molecule is C/C=C/C1=CN(C(=O)c2cc(OC)c(OCCCOc3cc([N+](=O)[O-])c(C(=O)N4C=C(/C=C/C)C[C@H]4CO)cc3OC)cc2[N+](=O)[O-])[C@H](CO)C1. The highest BCUT2D eigenvalue weighted by Crippen LogP contribution is 2.39. The first kappa shape index (κ1) is 38.1. The smallest absolute Gasteiger partial charge is 0.286 e. The van der Waals surface area contributed by atoms with Gasteiger partial charge in [-0.25, -0.2) is 0 Å². The number of hydrogen-bond donors (Lipinski definition) is 2. The number of rotatable bonds is 16. The number of aliphatic hydroxyl groups is 2. The van der Waals surface area contributed by atoms with Crippen molar-refractivity contribution in [1.82, 2.24) is 9.80 Å². The van der Waals surface area contributed by atoms with Gasteiger partial charge in [-0.05, 0) is 37.8 Å². The normalized spacial score (nSPS) is 17.1. The van der Waals surface area contributed by atoms with Crippen molar-refractivity contribution < 1.29 is 48.6 Å². The Hall–Kier alpha value is -5.74. The Labute approximate surface area is 293 Å². The monoisotopic (exact) mass is 708 g/mol. The van der Waals surface area contributed by atoms with Crippen LogP contribution in [0.25, 0.3) is 0 Å². The lowest BCUT2D eigenvalue weighted by molar-refractivity contribution is -0.385. The molecule has 16 nitrogen and oxygen atoms in total. The molecule has 2 heterocycles. The van der Waals surface area contributed by atoms with Gasteiger partial charge in [0.1, 0.15) is 11.1 Å². The second kappa shape index (κ2) is 17.3. The third-order valence-electron chi connectivity index (χ3n) is 8.21. The zero-order valence-electron chi connectivity index (χ0n) is 28.6. The van der Waals surface area contributed by atoms with Gasteiger partial charge in [0.2, 0.25) is 0 Å². The number of allylic oxidation sites excluding steroid dienone is 4. The second-order valence-corrected chi connectivity index (χ2v) is 11.5. The average molecular weight is 709 g/mol. The largest absolute Gasteiger partial charge is 0.493 e. The van der Waals surface area contributed by atoms with Crippen LogP contribution >= 0.6 is 0 Å². The third kappa shape index (κ3) is 8.53. The van der Waals surface area contributed by atoms with E-state index in [-0.39, 0.29) is 67.0 Å². The molecule has 0 unspecified atom stereocenters. The molecular formula is C35H40N4O12. The minimum atomic E-state index is -0.706. The van der Waals surface area contributed by atoms with Crippen LogP contribution in [0.2, 0.25) is 0 Å². The summed E-state index contributed by atoms with van der Waals surface area (Å²) in [6, 6.07) is 3.45. The molecule has 2 aromatic carbocycles. The van der Waals surface area contributed by atoms with Crippen LogP contribution in [0.15, 0.2) is 72.1 Å². The molecule has 0 aromatic heterocycles. The van der Waals surface area contributed by atoms with Gasteiger partial charge in [-0.1, -0.05) is 24.3 Å². The van der Waals surface area contributed by atoms with E-state index in [4.69, 9.17) is 18.9 Å². The summed E-state index contributed by atoms with van der Waals surface area (Å²) in [6.07, 6.45) is 11.2. The van der Waals surface area contributed by atoms with E-state index in [1.165, 1.54) is 36.2 Å². The van der Waals surface area contributed by atoms with E-state index >= 15 is 0 Å². The van der Waals surface area contributed by atoms with Gasteiger partial charge in [-0.3, -0.25) is 29.8 Å². The quantitative estimate of drug-likeness (QED) is 0.138. The fraction of sp³-hybridized carbons (Fsp3) is 0.371. The number of methoxy groups -OCH3 is 2. The number of ether oxygens (including phenoxy) is 4. The molecular weight excluding hydrogens is 668 g/mol. The number of aliphatic hydroxyl groups excluding tert-OH is 2. The first-order chi connectivity index (χ1) is 24.5. The van der Waals surface area contributed by atoms with Crippen LogP contribution in [0.4, 0.5) is 11.4 Å². The fourth-order valence-corrected chi connectivity index (χ4v) is 5.81. The predicted octanol–water partition coefficient (Wildman–Crippen LogP) is 4.70. The van der Waals surface area contributed by atoms with Crippen molar-refractivity contribution in [3.63, 3.8) is 0 Å². The van der Waals surface area contributed by atoms with Gasteiger partial charge < -0.3 is 39.0 Å². The predicted molar refractivity (Wildman–Crippen MR) is 184 cm³/mol. The lowest BCUT2D eigenvalue weighted by atomic mass is 10.1. The summed E-state index contributed by atoms with van der Waals surface area (Å²) in [4.78, 5) is 52.1. The number of amides is 2. The van der Waals surface area contributed by atoms with E-state index in [1.807, 2.05) is 13.8 Å². The van der Waals surface area contributed by atoms with Gasteiger partial charge in [-0.15, -0.1) is 0 Å². The van der Waals surface area contributed by atoms with Crippen LogP contribution in [0.1, 0.15) is 53.8 Å². The number of carbonyl (C=O) groups is 2. The molecule has 16 heteroatoms. The molecule has 0 radical (unpaired) electrons. The summed E-state index contributed by atoms with van der Waals surface area (Å²) in [5, 5.41) is 43.7. The zero-order chi connectivity index (χ0) is 37.2. The Morgan fingerprint density at radius 2 is 1.14 bits per heavy atom. The molecule has 2 N–H and O–H groups in total. The summed E-state index contributed by atoms with van der Waals surface area (Å²) < 4.78 is 22.3. The van der Waals surface area contributed by atoms with Crippen molar-refractivity contribution >= 4 is 23.2 Å². The minimum absolute atomic E-state index is 0.00292. The second-order valence-electron chi connectivity index (χ2n) is 11.5. The number of nitro groups is 2. The maximum atomic E-state index is 13.5. The molecule has 2 aliphatic rings. The van der Waals surface area contributed by atoms with Gasteiger partial charge in [0.05, 0.1) is 74.7 Å². The van der Waals surface area contributed by atoms with Crippen molar-refractivity contribution in [3.8, 4) is 23.0 Å². The molecule has 272 valence electrons. The van der Waals surface area contributed by atoms with Gasteiger partial charge in [0, 0.05) is 31.0 Å². The van der Waals surface area contributed by atoms with E-state index in [9.17, 15) is 40.0 Å². The molecule has 2 atom stereocenters. The van der Waals surface area contributed by atoms with Crippen LogP contribution < -0.4 is 18.9 Å². The van der Waals surface area contributed by atoms with Crippen molar-refractivity contribution in [1.29, 1.82) is 0 Å². The summed E-state index contributed by atoms with van der Waals surface area (Å²) in [5.74, 6) is -1.24. The highest BCUT2D eigenvalue weighted by atomic mass is 16.6. The number of nitro benzene ring substituents is 2. The average Bonchev–Trinajstić information content (AvgIpc) is 3.74. The number of benzene rings is 2. The van der Waals surface area contributed by atoms with Gasteiger partial charge >= 0.3 is 0 Å². The number of nitrogens with zero attached hydrogens (tertiary/aromatic N) is 4. The van der Waals surface area contributed by atoms with Crippen LogP contribution in [-0.4, -0.2) is 94.4 Å². The van der Waals surface area contributed by atoms with Crippen molar-refractivity contribution in [2.75, 3.05) is 40.6 Å². The van der Waals surface area contributed by atoms with E-state index < -0.39 is 45.1 Å². The van der Waals surface area contributed by atoms with Crippen molar-refractivity contribution in [3.05, 3.63) is 103 Å². The van der Waals surface area contributed by atoms with Gasteiger partial charge in [-0.2, -0.15) is 0 Å². The molecule has 4 rings (SSSR count).